The van der Waals surface area contributed by atoms with Gasteiger partial charge in [0.15, 0.2) is 11.5 Å². The molecule has 1 amide bonds. The first-order valence-electron chi connectivity index (χ1n) is 12.1. The summed E-state index contributed by atoms with van der Waals surface area (Å²) in [5, 5.41) is 16.7. The van der Waals surface area contributed by atoms with E-state index in [1.165, 1.54) is 0 Å². The summed E-state index contributed by atoms with van der Waals surface area (Å²) in [6.45, 7) is 8.86. The number of phenols is 1. The first-order chi connectivity index (χ1) is 16.8. The molecule has 1 fully saturated rings. The van der Waals surface area contributed by atoms with Crippen LogP contribution in [-0.4, -0.2) is 38.0 Å². The minimum absolute atomic E-state index is 0.0260. The van der Waals surface area contributed by atoms with Crippen molar-refractivity contribution in [1.82, 2.24) is 19.7 Å². The lowest BCUT2D eigenvalue weighted by molar-refractivity contribution is 0.0951. The zero-order valence-corrected chi connectivity index (χ0v) is 20.6. The topological polar surface area (TPSA) is 91.5 Å². The Labute approximate surface area is 205 Å². The Morgan fingerprint density at radius 2 is 1.80 bits per heavy atom. The third kappa shape index (κ3) is 4.71. The van der Waals surface area contributed by atoms with Crippen molar-refractivity contribution in [3.63, 3.8) is 0 Å². The molecule has 0 bridgehead atoms. The summed E-state index contributed by atoms with van der Waals surface area (Å²) in [5.41, 5.74) is 6.61. The Morgan fingerprint density at radius 3 is 2.43 bits per heavy atom. The van der Waals surface area contributed by atoms with Crippen molar-refractivity contribution in [1.29, 1.82) is 0 Å². The Bertz CT molecular complexity index is 1380. The second kappa shape index (κ2) is 9.06. The molecule has 35 heavy (non-hydrogen) atoms. The largest absolute Gasteiger partial charge is 0.507 e. The summed E-state index contributed by atoms with van der Waals surface area (Å²) in [6.07, 6.45) is 5.95. The lowest BCUT2D eigenvalue weighted by Gasteiger charge is -2.14. The van der Waals surface area contributed by atoms with E-state index in [-0.39, 0.29) is 5.91 Å². The molecular formula is C28H31N5O2. The maximum absolute atomic E-state index is 12.4. The molecule has 0 atom stereocenters. The predicted molar refractivity (Wildman–Crippen MR) is 139 cm³/mol. The lowest BCUT2D eigenvalue weighted by Crippen LogP contribution is -2.25. The van der Waals surface area contributed by atoms with Gasteiger partial charge in [-0.3, -0.25) is 9.20 Å². The second-order valence-corrected chi connectivity index (χ2v) is 9.87. The van der Waals surface area contributed by atoms with Crippen LogP contribution in [0.3, 0.4) is 0 Å². The van der Waals surface area contributed by atoms with Crippen LogP contribution in [0.5, 0.6) is 5.75 Å². The van der Waals surface area contributed by atoms with Gasteiger partial charge in [0, 0.05) is 35.5 Å². The molecule has 0 saturated heterocycles. The van der Waals surface area contributed by atoms with Crippen molar-refractivity contribution < 1.29 is 9.90 Å². The minimum atomic E-state index is -0.0260. The fourth-order valence-corrected chi connectivity index (χ4v) is 4.15. The van der Waals surface area contributed by atoms with Gasteiger partial charge in [0.25, 0.3) is 5.91 Å². The van der Waals surface area contributed by atoms with Crippen molar-refractivity contribution in [2.75, 3.05) is 11.9 Å². The number of phenolic OH excluding ortho intramolecular Hbond substituents is 1. The van der Waals surface area contributed by atoms with Gasteiger partial charge in [-0.25, -0.2) is 9.97 Å². The van der Waals surface area contributed by atoms with Gasteiger partial charge in [-0.05, 0) is 68.0 Å². The second-order valence-electron chi connectivity index (χ2n) is 9.87. The monoisotopic (exact) mass is 469 g/mol. The highest BCUT2D eigenvalue weighted by atomic mass is 16.3. The summed E-state index contributed by atoms with van der Waals surface area (Å²) in [7, 11) is 0. The third-order valence-electron chi connectivity index (χ3n) is 6.31. The fraction of sp³-hybridized carbons (Fsp3) is 0.321. The number of nitrogens with zero attached hydrogens (tertiary/aromatic N) is 3. The minimum Gasteiger partial charge on any atom is -0.507 e. The number of carbonyl (C=O) groups excluding carboxylic acids is 1. The van der Waals surface area contributed by atoms with Gasteiger partial charge in [-0.2, -0.15) is 0 Å². The quantitative estimate of drug-likeness (QED) is 0.340. The average molecular weight is 470 g/mol. The Hall–Kier alpha value is -3.87. The van der Waals surface area contributed by atoms with Crippen LogP contribution in [0.4, 0.5) is 5.82 Å². The van der Waals surface area contributed by atoms with Crippen molar-refractivity contribution >= 4 is 17.4 Å². The molecule has 2 heterocycles. The number of imidazole rings is 1. The van der Waals surface area contributed by atoms with Gasteiger partial charge < -0.3 is 15.7 Å². The maximum Gasteiger partial charge on any atom is 0.251 e. The van der Waals surface area contributed by atoms with Crippen LogP contribution in [0.2, 0.25) is 0 Å². The van der Waals surface area contributed by atoms with E-state index in [1.807, 2.05) is 67.0 Å². The number of carbonyl (C=O) groups is 1. The molecule has 2 aromatic carbocycles. The van der Waals surface area contributed by atoms with E-state index in [1.54, 1.807) is 0 Å². The van der Waals surface area contributed by atoms with E-state index in [0.717, 1.165) is 58.7 Å². The highest BCUT2D eigenvalue weighted by molar-refractivity contribution is 5.95. The number of hydrogen-bond acceptors (Lipinski definition) is 5. The Kier molecular flexibility index (Phi) is 5.93. The van der Waals surface area contributed by atoms with Crippen LogP contribution in [0, 0.1) is 19.8 Å². The third-order valence-corrected chi connectivity index (χ3v) is 6.31. The number of aryl methyl sites for hydroxylation is 2. The number of anilines is 1. The van der Waals surface area contributed by atoms with E-state index >= 15 is 0 Å². The molecule has 2 aromatic heterocycles. The van der Waals surface area contributed by atoms with Gasteiger partial charge in [0.05, 0.1) is 17.6 Å². The van der Waals surface area contributed by atoms with E-state index in [9.17, 15) is 9.90 Å². The normalized spacial score (nSPS) is 13.4. The molecule has 0 aliphatic heterocycles. The molecule has 4 aromatic rings. The summed E-state index contributed by atoms with van der Waals surface area (Å²) in [6, 6.07) is 11.9. The molecule has 0 spiro atoms. The van der Waals surface area contributed by atoms with Crippen molar-refractivity contribution in [3.05, 3.63) is 65.5 Å². The molecule has 1 aliphatic carbocycles. The molecular weight excluding hydrogens is 438 g/mol. The number of nitrogens with one attached hydrogen (secondary N) is 2. The Morgan fingerprint density at radius 1 is 1.11 bits per heavy atom. The molecule has 5 rings (SSSR count). The zero-order chi connectivity index (χ0) is 24.7. The highest BCUT2D eigenvalue weighted by Crippen LogP contribution is 2.32. The van der Waals surface area contributed by atoms with Crippen LogP contribution < -0.4 is 10.6 Å². The van der Waals surface area contributed by atoms with Crippen LogP contribution in [-0.2, 0) is 0 Å². The van der Waals surface area contributed by atoms with Crippen molar-refractivity contribution in [2.45, 2.75) is 46.6 Å². The van der Waals surface area contributed by atoms with Crippen LogP contribution in [0.1, 0.15) is 48.2 Å². The first-order valence-corrected chi connectivity index (χ1v) is 12.1. The smallest absolute Gasteiger partial charge is 0.251 e. The summed E-state index contributed by atoms with van der Waals surface area (Å²) < 4.78 is 2.04. The lowest BCUT2D eigenvalue weighted by atomic mass is 10.0. The molecule has 3 N–H and O–H groups in total. The molecule has 7 nitrogen and oxygen atoms in total. The molecule has 0 radical (unpaired) electrons. The molecule has 0 unspecified atom stereocenters. The van der Waals surface area contributed by atoms with Crippen LogP contribution in [0.25, 0.3) is 28.2 Å². The molecule has 7 heteroatoms. The van der Waals surface area contributed by atoms with E-state index in [0.29, 0.717) is 29.1 Å². The number of hydrogen-bond donors (Lipinski definition) is 3. The van der Waals surface area contributed by atoms with Crippen LogP contribution >= 0.6 is 0 Å². The standard InChI is InChI=1S/C28H31N5O2/c1-16(2)13-29-26-27-30-14-24(19-5-7-20(8-6-19)28(35)31-22-9-10-22)33(27)15-23(32-26)21-11-17(3)25(34)18(4)12-21/h5-8,11-12,14-16,22,34H,9-10,13H2,1-4H3,(H,29,32)(H,31,35). The van der Waals surface area contributed by atoms with Gasteiger partial charge in [0.2, 0.25) is 0 Å². The number of aromatic hydroxyl groups is 1. The van der Waals surface area contributed by atoms with E-state index in [4.69, 9.17) is 4.98 Å². The summed E-state index contributed by atoms with van der Waals surface area (Å²) >= 11 is 0. The SMILES string of the molecule is Cc1cc(-c2cn3c(-c4ccc(C(=O)NC5CC5)cc4)cnc3c(NCC(C)C)n2)cc(C)c1O. The van der Waals surface area contributed by atoms with Gasteiger partial charge >= 0.3 is 0 Å². The van der Waals surface area contributed by atoms with Gasteiger partial charge in [0.1, 0.15) is 5.75 Å². The number of aromatic nitrogens is 3. The number of amides is 1. The van der Waals surface area contributed by atoms with E-state index in [2.05, 4.69) is 29.5 Å². The maximum atomic E-state index is 12.4. The number of benzene rings is 2. The van der Waals surface area contributed by atoms with E-state index < -0.39 is 0 Å². The van der Waals surface area contributed by atoms with Crippen molar-refractivity contribution in [2.24, 2.45) is 5.92 Å². The van der Waals surface area contributed by atoms with Crippen molar-refractivity contribution in [3.8, 4) is 28.3 Å². The number of fused-ring (bicyclic) bond motifs is 1. The molecule has 180 valence electrons. The van der Waals surface area contributed by atoms with Gasteiger partial charge in [-0.1, -0.05) is 26.0 Å². The fourth-order valence-electron chi connectivity index (χ4n) is 4.15. The predicted octanol–water partition coefficient (Wildman–Crippen LogP) is 5.35. The zero-order valence-electron chi connectivity index (χ0n) is 20.6. The van der Waals surface area contributed by atoms with Gasteiger partial charge in [-0.15, -0.1) is 0 Å². The molecule has 1 saturated carbocycles. The number of rotatable bonds is 7. The summed E-state index contributed by atoms with van der Waals surface area (Å²) in [4.78, 5) is 22.0. The highest BCUT2D eigenvalue weighted by Gasteiger charge is 2.24. The summed E-state index contributed by atoms with van der Waals surface area (Å²) in [5.74, 6) is 1.44. The van der Waals surface area contributed by atoms with Crippen LogP contribution in [0.15, 0.2) is 48.8 Å². The first kappa shape index (κ1) is 22.9. The Balaban J connectivity index is 1.58. The average Bonchev–Trinajstić information content (AvgIpc) is 3.55. The molecule has 1 aliphatic rings.